The van der Waals surface area contributed by atoms with Crippen LogP contribution in [0, 0.1) is 5.41 Å². The van der Waals surface area contributed by atoms with Crippen molar-refractivity contribution >= 4 is 34.9 Å². The van der Waals surface area contributed by atoms with Crippen molar-refractivity contribution in [3.05, 3.63) is 126 Å². The van der Waals surface area contributed by atoms with E-state index in [9.17, 15) is 9.59 Å². The fourth-order valence-corrected chi connectivity index (χ4v) is 12.0. The topological polar surface area (TPSA) is 43.4 Å². The minimum absolute atomic E-state index is 0.0634. The van der Waals surface area contributed by atoms with E-state index in [2.05, 4.69) is 137 Å². The minimum Gasteiger partial charge on any atom is -0.454 e. The van der Waals surface area contributed by atoms with Crippen LogP contribution in [0.5, 0.6) is 0 Å². The summed E-state index contributed by atoms with van der Waals surface area (Å²) in [5, 5.41) is 4.08. The Kier molecular flexibility index (Phi) is 17.5. The normalized spacial score (nSPS) is 16.4. The van der Waals surface area contributed by atoms with Crippen LogP contribution >= 0.6 is 7.26 Å². The number of unbranched alkanes of at least 4 members (excludes halogenated alkanes) is 12. The Labute approximate surface area is 322 Å². The van der Waals surface area contributed by atoms with Crippen molar-refractivity contribution in [2.24, 2.45) is 5.41 Å². The minimum atomic E-state index is -1.98. The third-order valence-electron chi connectivity index (χ3n) is 11.0. The zero-order valence-electron chi connectivity index (χ0n) is 33.5. The number of hydrogen-bond donors (Lipinski definition) is 0. The van der Waals surface area contributed by atoms with Gasteiger partial charge >= 0.3 is 5.97 Å². The number of ether oxygens (including phenoxy) is 1. The van der Waals surface area contributed by atoms with Crippen LogP contribution in [0.15, 0.2) is 126 Å². The Bertz CT molecular complexity index is 1540. The fraction of sp³-hybridized carbons (Fsp3) is 0.469. The molecule has 3 aromatic rings. The number of carbonyl (C=O) groups is 2. The van der Waals surface area contributed by atoms with E-state index < -0.39 is 13.4 Å². The lowest BCUT2D eigenvalue weighted by Gasteiger charge is -2.36. The van der Waals surface area contributed by atoms with Crippen molar-refractivity contribution in [1.29, 1.82) is 0 Å². The summed E-state index contributed by atoms with van der Waals surface area (Å²) in [5.41, 5.74) is 2.58. The van der Waals surface area contributed by atoms with Crippen LogP contribution in [0.1, 0.15) is 131 Å². The zero-order valence-corrected chi connectivity index (χ0v) is 34.3. The first-order valence-electron chi connectivity index (χ1n) is 20.5. The number of carbonyl (C=O) groups excluding carboxylic acids is 2. The van der Waals surface area contributed by atoms with Crippen LogP contribution < -0.4 is 15.9 Å². The molecule has 0 aliphatic heterocycles. The summed E-state index contributed by atoms with van der Waals surface area (Å²) in [6.07, 6.45) is 24.2. The van der Waals surface area contributed by atoms with Crippen LogP contribution in [-0.4, -0.2) is 24.0 Å². The van der Waals surface area contributed by atoms with Gasteiger partial charge in [0.05, 0.1) is 6.16 Å². The first kappa shape index (κ1) is 42.2. The van der Waals surface area contributed by atoms with Crippen molar-refractivity contribution in [3.63, 3.8) is 0 Å². The first-order valence-corrected chi connectivity index (χ1v) is 22.5. The molecule has 1 aliphatic carbocycles. The molecule has 1 aliphatic rings. The Balaban J connectivity index is 1.34. The molecular formula is C49H66O3P+. The zero-order chi connectivity index (χ0) is 37.9. The second-order valence-electron chi connectivity index (χ2n) is 15.7. The van der Waals surface area contributed by atoms with E-state index in [-0.39, 0.29) is 17.2 Å². The van der Waals surface area contributed by atoms with Gasteiger partial charge in [-0.3, -0.25) is 9.59 Å². The molecule has 284 valence electrons. The molecule has 0 bridgehead atoms. The highest BCUT2D eigenvalue weighted by atomic mass is 31.2. The summed E-state index contributed by atoms with van der Waals surface area (Å²) in [6.45, 7) is 10.6. The monoisotopic (exact) mass is 733 g/mol. The molecule has 4 rings (SSSR count). The number of allylic oxidation sites excluding steroid dienone is 5. The third-order valence-corrected chi connectivity index (χ3v) is 15.3. The van der Waals surface area contributed by atoms with E-state index in [1.54, 1.807) is 0 Å². The van der Waals surface area contributed by atoms with Crippen molar-refractivity contribution in [3.8, 4) is 0 Å². The molecule has 0 saturated carbocycles. The maximum atomic E-state index is 13.5. The standard InChI is InChI=1S/C49H66O3P/c1-6-7-8-9-10-11-12-13-14-15-16-17-27-34-47(50)52-46-39-49(4,5)45(41(3)48(46)51)36-35-40(2)37-38-53(42-28-21-18-22-29-42,43-30-23-19-24-31-43)44-32-25-20-26-33-44/h18-26,28-33,35-37,46H,6-17,27,34,38-39H2,1-5H3/q+1/b36-35+,40-37+/t46-/m0/s1. The quantitative estimate of drug-likeness (QED) is 0.0447. The lowest BCUT2D eigenvalue weighted by molar-refractivity contribution is -0.156. The highest BCUT2D eigenvalue weighted by Crippen LogP contribution is 2.55. The highest BCUT2D eigenvalue weighted by molar-refractivity contribution is 7.95. The number of Topliss-reactive ketones (excluding diaryl/α,β-unsaturated/α-hetero) is 1. The third kappa shape index (κ3) is 12.5. The van der Waals surface area contributed by atoms with Gasteiger partial charge in [-0.25, -0.2) is 0 Å². The van der Waals surface area contributed by atoms with Crippen molar-refractivity contribution in [1.82, 2.24) is 0 Å². The summed E-state index contributed by atoms with van der Waals surface area (Å²) >= 11 is 0. The summed E-state index contributed by atoms with van der Waals surface area (Å²) in [7, 11) is -1.98. The Morgan fingerprint density at radius 1 is 0.717 bits per heavy atom. The van der Waals surface area contributed by atoms with Gasteiger partial charge in [-0.2, -0.15) is 0 Å². The SMILES string of the molecule is CCCCCCCCCCCCCCCC(=O)O[C@H]1CC(C)(C)C(/C=C/C(C)=C/C[P+](c2ccccc2)(c2ccccc2)c2ccccc2)=C(C)C1=O. The summed E-state index contributed by atoms with van der Waals surface area (Å²) in [6, 6.07) is 32.8. The van der Waals surface area contributed by atoms with Gasteiger partial charge in [0.15, 0.2) is 11.9 Å². The van der Waals surface area contributed by atoms with Crippen molar-refractivity contribution < 1.29 is 14.3 Å². The number of esters is 1. The molecule has 1 atom stereocenters. The van der Waals surface area contributed by atoms with E-state index in [4.69, 9.17) is 4.74 Å². The highest BCUT2D eigenvalue weighted by Gasteiger charge is 2.44. The lowest BCUT2D eigenvalue weighted by Crippen LogP contribution is -2.39. The van der Waals surface area contributed by atoms with E-state index in [1.807, 2.05) is 6.92 Å². The van der Waals surface area contributed by atoms with Crippen LogP contribution in [0.2, 0.25) is 0 Å². The van der Waals surface area contributed by atoms with Crippen LogP contribution in [0.25, 0.3) is 0 Å². The second kappa shape index (κ2) is 22.0. The van der Waals surface area contributed by atoms with E-state index in [1.165, 1.54) is 80.1 Å². The maximum Gasteiger partial charge on any atom is 0.306 e. The molecule has 0 saturated heterocycles. The largest absolute Gasteiger partial charge is 0.454 e. The molecular weight excluding hydrogens is 668 g/mol. The molecule has 0 unspecified atom stereocenters. The van der Waals surface area contributed by atoms with Gasteiger partial charge in [0.2, 0.25) is 0 Å². The lowest BCUT2D eigenvalue weighted by atomic mass is 9.71. The van der Waals surface area contributed by atoms with Gasteiger partial charge in [0.1, 0.15) is 23.2 Å². The van der Waals surface area contributed by atoms with E-state index >= 15 is 0 Å². The first-order chi connectivity index (χ1) is 25.7. The number of benzene rings is 3. The molecule has 0 amide bonds. The van der Waals surface area contributed by atoms with Gasteiger partial charge in [-0.15, -0.1) is 0 Å². The molecule has 53 heavy (non-hydrogen) atoms. The van der Waals surface area contributed by atoms with Crippen LogP contribution in [0.3, 0.4) is 0 Å². The summed E-state index contributed by atoms with van der Waals surface area (Å²) in [4.78, 5) is 26.4. The average molecular weight is 734 g/mol. The molecule has 4 heteroatoms. The molecule has 0 heterocycles. The fourth-order valence-electron chi connectivity index (χ4n) is 7.87. The van der Waals surface area contributed by atoms with E-state index in [0.717, 1.165) is 36.6 Å². The molecule has 0 fully saturated rings. The predicted octanol–water partition coefficient (Wildman–Crippen LogP) is 12.2. The summed E-state index contributed by atoms with van der Waals surface area (Å²) < 4.78 is 5.84. The van der Waals surface area contributed by atoms with Gasteiger partial charge < -0.3 is 4.74 Å². The molecule has 0 radical (unpaired) electrons. The average Bonchev–Trinajstić information content (AvgIpc) is 3.17. The predicted molar refractivity (Wildman–Crippen MR) is 229 cm³/mol. The maximum absolute atomic E-state index is 13.5. The van der Waals surface area contributed by atoms with Crippen molar-refractivity contribution in [2.75, 3.05) is 6.16 Å². The molecule has 0 spiro atoms. The number of rotatable bonds is 22. The van der Waals surface area contributed by atoms with Crippen LogP contribution in [0.4, 0.5) is 0 Å². The second-order valence-corrected chi connectivity index (χ2v) is 19.3. The number of ketones is 1. The smallest absolute Gasteiger partial charge is 0.306 e. The molecule has 3 nitrogen and oxygen atoms in total. The Morgan fingerprint density at radius 2 is 1.15 bits per heavy atom. The molecule has 0 aromatic heterocycles. The molecule has 0 N–H and O–H groups in total. The Hall–Kier alpha value is -3.55. The van der Waals surface area contributed by atoms with Crippen molar-refractivity contribution in [2.45, 2.75) is 137 Å². The van der Waals surface area contributed by atoms with Gasteiger partial charge in [0, 0.05) is 12.8 Å². The molecule has 3 aromatic carbocycles. The van der Waals surface area contributed by atoms with Crippen LogP contribution in [-0.2, 0) is 14.3 Å². The van der Waals surface area contributed by atoms with Gasteiger partial charge in [-0.1, -0.05) is 170 Å². The van der Waals surface area contributed by atoms with E-state index in [0.29, 0.717) is 18.4 Å². The Morgan fingerprint density at radius 3 is 1.60 bits per heavy atom. The summed E-state index contributed by atoms with van der Waals surface area (Å²) in [5.74, 6) is -0.304. The number of hydrogen-bond acceptors (Lipinski definition) is 3. The van der Waals surface area contributed by atoms with Gasteiger partial charge in [0.25, 0.3) is 0 Å². The van der Waals surface area contributed by atoms with Gasteiger partial charge in [-0.05, 0) is 79.3 Å².